The maximum absolute atomic E-state index is 13.9. The molecule has 2 aromatic rings. The molecule has 0 bridgehead atoms. The number of amides is 1. The normalized spacial score (nSPS) is 15.2. The van der Waals surface area contributed by atoms with E-state index in [4.69, 9.17) is 4.74 Å². The molecule has 0 fully saturated rings. The molecule has 3 nitrogen and oxygen atoms in total. The van der Waals surface area contributed by atoms with Gasteiger partial charge >= 0.3 is 6.18 Å². The summed E-state index contributed by atoms with van der Waals surface area (Å²) >= 11 is 0. The first-order valence-electron chi connectivity index (χ1n) is 7.90. The quantitative estimate of drug-likeness (QED) is 0.840. The monoisotopic (exact) mass is 351 g/mol. The minimum atomic E-state index is -4.91. The Morgan fingerprint density at radius 2 is 1.56 bits per heavy atom. The molecular weight excluding hydrogens is 331 g/mol. The topological polar surface area (TPSA) is 38.3 Å². The molecule has 1 amide bonds. The molecule has 0 aliphatic rings. The van der Waals surface area contributed by atoms with Gasteiger partial charge in [-0.3, -0.25) is 4.79 Å². The standard InChI is InChI=1S/C19H20F3NO2/c1-3-16(14-10-6-4-7-11-14)23-17(24)18(25-2,19(20,21)22)15-12-8-5-9-13-15/h4-13,16H,3H2,1-2H3,(H,23,24)/t16-,18+/m0/s1. The van der Waals surface area contributed by atoms with Crippen molar-refractivity contribution in [3.8, 4) is 0 Å². The van der Waals surface area contributed by atoms with Crippen molar-refractivity contribution in [3.63, 3.8) is 0 Å². The van der Waals surface area contributed by atoms with Crippen LogP contribution in [0.5, 0.6) is 0 Å². The zero-order valence-electron chi connectivity index (χ0n) is 14.0. The molecule has 0 aliphatic carbocycles. The zero-order chi connectivity index (χ0) is 18.5. The summed E-state index contributed by atoms with van der Waals surface area (Å²) < 4.78 is 46.4. The number of rotatable bonds is 6. The van der Waals surface area contributed by atoms with Crippen molar-refractivity contribution in [3.05, 3.63) is 71.8 Å². The second-order valence-corrected chi connectivity index (χ2v) is 5.59. The molecule has 1 N–H and O–H groups in total. The van der Waals surface area contributed by atoms with Gasteiger partial charge in [0.25, 0.3) is 11.5 Å². The lowest BCUT2D eigenvalue weighted by molar-refractivity contribution is -0.266. The Labute approximate surface area is 144 Å². The summed E-state index contributed by atoms with van der Waals surface area (Å²) in [6.07, 6.45) is -4.47. The van der Waals surface area contributed by atoms with Gasteiger partial charge in [-0.2, -0.15) is 13.2 Å². The van der Waals surface area contributed by atoms with Gasteiger partial charge in [0.2, 0.25) is 0 Å². The third kappa shape index (κ3) is 3.69. The third-order valence-electron chi connectivity index (χ3n) is 4.12. The van der Waals surface area contributed by atoms with Crippen LogP contribution in [0.25, 0.3) is 0 Å². The van der Waals surface area contributed by atoms with Crippen LogP contribution in [0.15, 0.2) is 60.7 Å². The fourth-order valence-corrected chi connectivity index (χ4v) is 2.79. The molecule has 0 radical (unpaired) electrons. The highest BCUT2D eigenvalue weighted by atomic mass is 19.4. The number of benzene rings is 2. The summed E-state index contributed by atoms with van der Waals surface area (Å²) in [4.78, 5) is 12.7. The van der Waals surface area contributed by atoms with Crippen LogP contribution >= 0.6 is 0 Å². The van der Waals surface area contributed by atoms with Crippen LogP contribution < -0.4 is 5.32 Å². The van der Waals surface area contributed by atoms with Crippen LogP contribution in [0.2, 0.25) is 0 Å². The summed E-state index contributed by atoms with van der Waals surface area (Å²) in [6, 6.07) is 15.3. The highest BCUT2D eigenvalue weighted by Gasteiger charge is 2.62. The predicted octanol–water partition coefficient (Wildman–Crippen LogP) is 4.36. The summed E-state index contributed by atoms with van der Waals surface area (Å²) in [5, 5.41) is 2.50. The van der Waals surface area contributed by atoms with Gasteiger partial charge in [0.1, 0.15) is 0 Å². The maximum atomic E-state index is 13.9. The molecular formula is C19H20F3NO2. The molecule has 2 rings (SSSR count). The van der Waals surface area contributed by atoms with E-state index in [1.165, 1.54) is 24.3 Å². The average Bonchev–Trinajstić information content (AvgIpc) is 2.61. The van der Waals surface area contributed by atoms with Gasteiger partial charge < -0.3 is 10.1 Å². The van der Waals surface area contributed by atoms with Crippen molar-refractivity contribution in [2.45, 2.75) is 31.2 Å². The second kappa shape index (κ2) is 7.70. The van der Waals surface area contributed by atoms with Crippen molar-refractivity contribution in [1.82, 2.24) is 5.32 Å². The van der Waals surface area contributed by atoms with Crippen molar-refractivity contribution in [1.29, 1.82) is 0 Å². The summed E-state index contributed by atoms with van der Waals surface area (Å²) in [6.45, 7) is 1.79. The number of methoxy groups -OCH3 is 1. The van der Waals surface area contributed by atoms with Crippen LogP contribution in [-0.2, 0) is 15.1 Å². The number of carbonyl (C=O) groups is 1. The second-order valence-electron chi connectivity index (χ2n) is 5.59. The lowest BCUT2D eigenvalue weighted by Crippen LogP contribution is -2.56. The molecule has 2 aromatic carbocycles. The lowest BCUT2D eigenvalue weighted by atomic mass is 9.90. The Morgan fingerprint density at radius 3 is 2.00 bits per heavy atom. The van der Waals surface area contributed by atoms with Gasteiger partial charge in [0.15, 0.2) is 0 Å². The van der Waals surface area contributed by atoms with E-state index < -0.39 is 23.7 Å². The molecule has 0 saturated heterocycles. The predicted molar refractivity (Wildman–Crippen MR) is 88.8 cm³/mol. The number of halogens is 3. The molecule has 0 aliphatic heterocycles. The van der Waals surface area contributed by atoms with Crippen molar-refractivity contribution in [2.75, 3.05) is 7.11 Å². The number of hydrogen-bond donors (Lipinski definition) is 1. The first kappa shape index (κ1) is 19.0. The van der Waals surface area contributed by atoms with Gasteiger partial charge in [0.05, 0.1) is 6.04 Å². The van der Waals surface area contributed by atoms with Gasteiger partial charge in [-0.25, -0.2) is 0 Å². The van der Waals surface area contributed by atoms with E-state index in [0.717, 1.165) is 12.7 Å². The smallest absolute Gasteiger partial charge is 0.356 e. The number of hydrogen-bond acceptors (Lipinski definition) is 2. The van der Waals surface area contributed by atoms with Gasteiger partial charge in [-0.1, -0.05) is 67.6 Å². The number of carbonyl (C=O) groups excluding carboxylic acids is 1. The number of ether oxygens (including phenoxy) is 1. The molecule has 0 saturated carbocycles. The Hall–Kier alpha value is -2.34. The molecule has 25 heavy (non-hydrogen) atoms. The summed E-state index contributed by atoms with van der Waals surface area (Å²) in [5.41, 5.74) is -2.58. The lowest BCUT2D eigenvalue weighted by Gasteiger charge is -2.34. The van der Waals surface area contributed by atoms with E-state index in [2.05, 4.69) is 5.32 Å². The molecule has 6 heteroatoms. The van der Waals surface area contributed by atoms with Crippen LogP contribution in [0.3, 0.4) is 0 Å². The van der Waals surface area contributed by atoms with Crippen LogP contribution in [0, 0.1) is 0 Å². The fraction of sp³-hybridized carbons (Fsp3) is 0.316. The van der Waals surface area contributed by atoms with Gasteiger partial charge in [0, 0.05) is 12.7 Å². The minimum Gasteiger partial charge on any atom is -0.356 e. The largest absolute Gasteiger partial charge is 0.430 e. The van der Waals surface area contributed by atoms with E-state index in [0.29, 0.717) is 6.42 Å². The van der Waals surface area contributed by atoms with Crippen molar-refractivity contribution < 1.29 is 22.7 Å². The van der Waals surface area contributed by atoms with E-state index in [-0.39, 0.29) is 5.56 Å². The SMILES string of the molecule is CC[C@H](NC(=O)[C@](OC)(c1ccccc1)C(F)(F)F)c1ccccc1. The van der Waals surface area contributed by atoms with Crippen molar-refractivity contribution >= 4 is 5.91 Å². The highest BCUT2D eigenvalue weighted by Crippen LogP contribution is 2.42. The van der Waals surface area contributed by atoms with Crippen LogP contribution in [0.4, 0.5) is 13.2 Å². The Bertz CT molecular complexity index is 689. The average molecular weight is 351 g/mol. The Morgan fingerprint density at radius 1 is 1.04 bits per heavy atom. The van der Waals surface area contributed by atoms with E-state index in [9.17, 15) is 18.0 Å². The Balaban J connectivity index is 2.43. The maximum Gasteiger partial charge on any atom is 0.430 e. The van der Waals surface area contributed by atoms with E-state index in [1.807, 2.05) is 0 Å². The first-order chi connectivity index (χ1) is 11.9. The molecule has 0 aromatic heterocycles. The van der Waals surface area contributed by atoms with Gasteiger partial charge in [-0.15, -0.1) is 0 Å². The third-order valence-corrected chi connectivity index (χ3v) is 4.12. The molecule has 134 valence electrons. The zero-order valence-corrected chi connectivity index (χ0v) is 14.0. The first-order valence-corrected chi connectivity index (χ1v) is 7.90. The number of nitrogens with one attached hydrogen (secondary N) is 1. The number of alkyl halides is 3. The summed E-state index contributed by atoms with van der Waals surface area (Å²) in [7, 11) is 0.892. The molecule has 0 heterocycles. The van der Waals surface area contributed by atoms with E-state index >= 15 is 0 Å². The fourth-order valence-electron chi connectivity index (χ4n) is 2.79. The van der Waals surface area contributed by atoms with Crippen molar-refractivity contribution in [2.24, 2.45) is 0 Å². The Kier molecular flexibility index (Phi) is 5.85. The van der Waals surface area contributed by atoms with Crippen LogP contribution in [-0.4, -0.2) is 19.2 Å². The van der Waals surface area contributed by atoms with E-state index in [1.54, 1.807) is 43.3 Å². The summed E-state index contributed by atoms with van der Waals surface area (Å²) in [5.74, 6) is -1.23. The highest BCUT2D eigenvalue weighted by molar-refractivity contribution is 5.88. The van der Waals surface area contributed by atoms with Gasteiger partial charge in [-0.05, 0) is 12.0 Å². The van der Waals surface area contributed by atoms with Crippen LogP contribution in [0.1, 0.15) is 30.5 Å². The molecule has 2 atom stereocenters. The molecule has 0 spiro atoms. The minimum absolute atomic E-state index is 0.259. The molecule has 0 unspecified atom stereocenters.